The van der Waals surface area contributed by atoms with Crippen LogP contribution in [0.3, 0.4) is 0 Å². The number of alkyl halides is 1. The molecule has 0 aliphatic heterocycles. The van der Waals surface area contributed by atoms with E-state index in [4.69, 9.17) is 0 Å². The van der Waals surface area contributed by atoms with E-state index < -0.39 is 39.2 Å². The van der Waals surface area contributed by atoms with E-state index in [-0.39, 0.29) is 30.0 Å². The van der Waals surface area contributed by atoms with Gasteiger partial charge in [-0.3, -0.25) is 9.59 Å². The summed E-state index contributed by atoms with van der Waals surface area (Å²) >= 11 is 3.96. The van der Waals surface area contributed by atoms with E-state index in [0.29, 0.717) is 6.42 Å². The zero-order chi connectivity index (χ0) is 20.7. The van der Waals surface area contributed by atoms with Gasteiger partial charge in [0.25, 0.3) is 0 Å². The third kappa shape index (κ3) is 2.13. The first-order valence-electron chi connectivity index (χ1n) is 10.1. The minimum absolute atomic E-state index is 0.0189. The maximum atomic E-state index is 12.6. The van der Waals surface area contributed by atoms with Gasteiger partial charge in [-0.1, -0.05) is 48.4 Å². The predicted octanol–water partition coefficient (Wildman–Crippen LogP) is 2.32. The highest BCUT2D eigenvalue weighted by Gasteiger charge is 2.74. The lowest BCUT2D eigenvalue weighted by atomic mass is 9.46. The van der Waals surface area contributed by atoms with Crippen molar-refractivity contribution in [2.75, 3.05) is 6.61 Å². The van der Waals surface area contributed by atoms with Crippen LogP contribution in [0, 0.1) is 28.6 Å². The summed E-state index contributed by atoms with van der Waals surface area (Å²) in [5, 5.41) is 32.5. The van der Waals surface area contributed by atoms with Crippen molar-refractivity contribution in [3.63, 3.8) is 0 Å². The highest BCUT2D eigenvalue weighted by molar-refractivity contribution is 9.10. The van der Waals surface area contributed by atoms with Gasteiger partial charge < -0.3 is 15.3 Å². The van der Waals surface area contributed by atoms with Gasteiger partial charge in [-0.25, -0.2) is 0 Å². The van der Waals surface area contributed by atoms with Crippen molar-refractivity contribution in [3.8, 4) is 0 Å². The summed E-state index contributed by atoms with van der Waals surface area (Å²) in [6.07, 6.45) is 6.85. The molecule has 0 saturated heterocycles. The van der Waals surface area contributed by atoms with E-state index in [1.54, 1.807) is 12.2 Å². The standard InChI is InChI=1S/C22H29BrO5/c1-12-8-16-15-5-4-13-9-14(25)6-7-19(13,2)21(15,23)17(26)10-20(16,3)22(12,28)18(27)11-24/h6-7,9,12,15-17,24,26,28H,4-5,8,10-11H2,1-3H3/t12?,15-,16-,17?,19-,20-,21-,22-/m0/s1. The van der Waals surface area contributed by atoms with E-state index in [1.165, 1.54) is 0 Å². The minimum atomic E-state index is -1.64. The number of Topliss-reactive ketones (excluding diaryl/α,β-unsaturated/α-hetero) is 1. The summed E-state index contributed by atoms with van der Waals surface area (Å²) in [6, 6.07) is 0. The van der Waals surface area contributed by atoms with Gasteiger partial charge in [-0.15, -0.1) is 0 Å². The topological polar surface area (TPSA) is 94.8 Å². The molecule has 0 aromatic carbocycles. The van der Waals surface area contributed by atoms with E-state index >= 15 is 0 Å². The fourth-order valence-corrected chi connectivity index (χ4v) is 8.36. The number of rotatable bonds is 2. The number of hydrogen-bond donors (Lipinski definition) is 3. The molecule has 8 atom stereocenters. The quantitative estimate of drug-likeness (QED) is 0.558. The van der Waals surface area contributed by atoms with Crippen molar-refractivity contribution in [1.82, 2.24) is 0 Å². The van der Waals surface area contributed by atoms with Crippen LogP contribution in [-0.4, -0.2) is 49.5 Å². The highest BCUT2D eigenvalue weighted by Crippen LogP contribution is 2.71. The van der Waals surface area contributed by atoms with Crippen LogP contribution >= 0.6 is 15.9 Å². The number of allylic oxidation sites excluding steroid dienone is 4. The lowest BCUT2D eigenvalue weighted by Crippen LogP contribution is -2.68. The molecule has 0 spiro atoms. The molecular weight excluding hydrogens is 424 g/mol. The van der Waals surface area contributed by atoms with Crippen LogP contribution in [0.1, 0.15) is 46.5 Å². The Kier molecular flexibility index (Phi) is 4.45. The molecule has 4 aliphatic rings. The van der Waals surface area contributed by atoms with Gasteiger partial charge in [0.05, 0.1) is 10.4 Å². The van der Waals surface area contributed by atoms with Crippen molar-refractivity contribution in [2.45, 2.75) is 62.5 Å². The van der Waals surface area contributed by atoms with Crippen LogP contribution in [-0.2, 0) is 9.59 Å². The first kappa shape index (κ1) is 20.5. The predicted molar refractivity (Wildman–Crippen MR) is 108 cm³/mol. The van der Waals surface area contributed by atoms with E-state index in [1.807, 2.05) is 19.9 Å². The number of carbonyl (C=O) groups excluding carboxylic acids is 2. The third-order valence-corrected chi connectivity index (χ3v) is 10.7. The molecule has 3 fully saturated rings. The highest BCUT2D eigenvalue weighted by atomic mass is 79.9. The van der Waals surface area contributed by atoms with E-state index in [9.17, 15) is 24.9 Å². The Balaban J connectivity index is 1.84. The first-order chi connectivity index (χ1) is 13.0. The normalized spacial score (nSPS) is 52.5. The Hall–Kier alpha value is -0.820. The molecule has 0 aromatic rings. The largest absolute Gasteiger partial charge is 0.392 e. The fourth-order valence-electron chi connectivity index (χ4n) is 7.26. The molecule has 0 aromatic heterocycles. The van der Waals surface area contributed by atoms with E-state index in [0.717, 1.165) is 18.4 Å². The molecule has 4 aliphatic carbocycles. The van der Waals surface area contributed by atoms with Gasteiger partial charge in [0, 0.05) is 10.8 Å². The van der Waals surface area contributed by atoms with Crippen LogP contribution in [0.4, 0.5) is 0 Å². The molecule has 5 nitrogen and oxygen atoms in total. The number of hydrogen-bond acceptors (Lipinski definition) is 5. The van der Waals surface area contributed by atoms with Crippen LogP contribution in [0.5, 0.6) is 0 Å². The summed E-state index contributed by atoms with van der Waals surface area (Å²) in [5.41, 5.74) is -1.92. The smallest absolute Gasteiger partial charge is 0.190 e. The zero-order valence-electron chi connectivity index (χ0n) is 16.6. The van der Waals surface area contributed by atoms with Crippen LogP contribution < -0.4 is 0 Å². The first-order valence-corrected chi connectivity index (χ1v) is 10.9. The molecular formula is C22H29BrO5. The second kappa shape index (κ2) is 6.10. The van der Waals surface area contributed by atoms with Crippen molar-refractivity contribution >= 4 is 27.5 Å². The summed E-state index contributed by atoms with van der Waals surface area (Å²) < 4.78 is -0.668. The van der Waals surface area contributed by atoms with Crippen LogP contribution in [0.2, 0.25) is 0 Å². The number of aliphatic hydroxyl groups is 3. The Labute approximate surface area is 174 Å². The lowest BCUT2D eigenvalue weighted by Gasteiger charge is -2.64. The Morgan fingerprint density at radius 3 is 2.64 bits per heavy atom. The molecule has 6 heteroatoms. The average molecular weight is 453 g/mol. The Morgan fingerprint density at radius 2 is 2.00 bits per heavy atom. The SMILES string of the molecule is CC1C[C@H]2[C@@H]3CCC4=CC(=O)C=C[C@]4(C)[C@@]3(Br)C(O)C[C@]2(C)[C@@]1(O)C(=O)CO. The van der Waals surface area contributed by atoms with E-state index in [2.05, 4.69) is 22.9 Å². The van der Waals surface area contributed by atoms with Crippen molar-refractivity contribution in [3.05, 3.63) is 23.8 Å². The minimum Gasteiger partial charge on any atom is -0.392 e. The Bertz CT molecular complexity index is 805. The molecule has 154 valence electrons. The number of fused-ring (bicyclic) bond motifs is 5. The molecule has 0 heterocycles. The van der Waals surface area contributed by atoms with Crippen LogP contribution in [0.15, 0.2) is 23.8 Å². The van der Waals surface area contributed by atoms with Crippen LogP contribution in [0.25, 0.3) is 0 Å². The van der Waals surface area contributed by atoms with Gasteiger partial charge in [0.15, 0.2) is 11.6 Å². The second-order valence-corrected chi connectivity index (χ2v) is 11.1. The summed E-state index contributed by atoms with van der Waals surface area (Å²) in [4.78, 5) is 24.6. The van der Waals surface area contributed by atoms with Gasteiger partial charge in [0.1, 0.15) is 12.2 Å². The molecule has 2 unspecified atom stereocenters. The average Bonchev–Trinajstić information content (AvgIpc) is 2.84. The zero-order valence-corrected chi connectivity index (χ0v) is 18.2. The van der Waals surface area contributed by atoms with Crippen molar-refractivity contribution in [2.24, 2.45) is 28.6 Å². The van der Waals surface area contributed by atoms with Crippen molar-refractivity contribution in [1.29, 1.82) is 0 Å². The number of carbonyl (C=O) groups is 2. The molecule has 0 bridgehead atoms. The summed E-state index contributed by atoms with van der Waals surface area (Å²) in [6.45, 7) is 5.14. The number of aliphatic hydroxyl groups excluding tert-OH is 2. The molecule has 3 saturated carbocycles. The number of ketones is 2. The molecule has 0 radical (unpaired) electrons. The molecule has 0 amide bonds. The van der Waals surface area contributed by atoms with Gasteiger partial charge >= 0.3 is 0 Å². The summed E-state index contributed by atoms with van der Waals surface area (Å²) in [7, 11) is 0. The van der Waals surface area contributed by atoms with Gasteiger partial charge in [-0.05, 0) is 55.6 Å². The monoisotopic (exact) mass is 452 g/mol. The number of halogens is 1. The lowest BCUT2D eigenvalue weighted by molar-refractivity contribution is -0.178. The molecule has 3 N–H and O–H groups in total. The second-order valence-electron chi connectivity index (χ2n) is 9.75. The molecule has 28 heavy (non-hydrogen) atoms. The van der Waals surface area contributed by atoms with Crippen molar-refractivity contribution < 1.29 is 24.9 Å². The maximum Gasteiger partial charge on any atom is 0.190 e. The third-order valence-electron chi connectivity index (χ3n) is 8.79. The summed E-state index contributed by atoms with van der Waals surface area (Å²) in [5.74, 6) is -0.809. The van der Waals surface area contributed by atoms with Gasteiger partial charge in [-0.2, -0.15) is 0 Å². The molecule has 4 rings (SSSR count). The fraction of sp³-hybridized carbons (Fsp3) is 0.727. The van der Waals surface area contributed by atoms with Gasteiger partial charge in [0.2, 0.25) is 0 Å². The maximum absolute atomic E-state index is 12.6. The Morgan fingerprint density at radius 1 is 1.32 bits per heavy atom.